The summed E-state index contributed by atoms with van der Waals surface area (Å²) in [5.74, 6) is 0. The second-order valence-electron chi connectivity index (χ2n) is 8.22. The highest BCUT2D eigenvalue weighted by atomic mass is 35.5. The van der Waals surface area contributed by atoms with E-state index in [1.165, 1.54) is 5.56 Å². The van der Waals surface area contributed by atoms with Crippen LogP contribution in [0.2, 0.25) is 5.02 Å². The molecule has 0 aromatic heterocycles. The molecule has 0 saturated heterocycles. The number of hydrogen-bond donors (Lipinski definition) is 2. The molecule has 0 atom stereocenters. The topological polar surface area (TPSA) is 61.6 Å². The fourth-order valence-electron chi connectivity index (χ4n) is 3.97. The highest BCUT2D eigenvalue weighted by molar-refractivity contribution is 6.32. The van der Waals surface area contributed by atoms with Crippen LogP contribution in [0.4, 0.5) is 27.5 Å². The van der Waals surface area contributed by atoms with Gasteiger partial charge in [0.05, 0.1) is 5.69 Å². The van der Waals surface area contributed by atoms with Crippen molar-refractivity contribution in [3.8, 4) is 0 Å². The fraction of sp³-hybridized carbons (Fsp3) is 0.296. The maximum Gasteiger partial charge on any atom is 0.326 e. The number of nitrogens with one attached hydrogen (secondary N) is 1. The zero-order valence-electron chi connectivity index (χ0n) is 19.9. The molecule has 0 fully saturated rings. The van der Waals surface area contributed by atoms with Crippen LogP contribution >= 0.6 is 11.6 Å². The third-order valence-corrected chi connectivity index (χ3v) is 6.19. The molecule has 174 valence electrons. The van der Waals surface area contributed by atoms with E-state index in [9.17, 15) is 4.79 Å². The number of nitrogens with zero attached hydrogens (tertiary/aromatic N) is 2. The van der Waals surface area contributed by atoms with Crippen molar-refractivity contribution in [3.05, 3.63) is 82.4 Å². The van der Waals surface area contributed by atoms with Gasteiger partial charge in [0.15, 0.2) is 0 Å². The predicted molar refractivity (Wildman–Crippen MR) is 142 cm³/mol. The molecule has 5 nitrogen and oxygen atoms in total. The standard InChI is InChI=1S/C27H33ClN4O/c1-5-22-24(28)18-25(29)23(6-2)26(22)30-27(33)32(17-16-19-10-8-7-9-11-19)21-14-12-20(13-15-21)31(3)4/h7-15,18H,5-6,16-17,29H2,1-4H3,(H,30,33). The molecule has 0 heterocycles. The Morgan fingerprint density at radius 3 is 2.12 bits per heavy atom. The molecule has 33 heavy (non-hydrogen) atoms. The number of carbonyl (C=O) groups excluding carboxylic acids is 1. The summed E-state index contributed by atoms with van der Waals surface area (Å²) in [4.78, 5) is 17.4. The summed E-state index contributed by atoms with van der Waals surface area (Å²) in [6.07, 6.45) is 2.14. The lowest BCUT2D eigenvalue weighted by atomic mass is 10.0. The van der Waals surface area contributed by atoms with Gasteiger partial charge in [-0.1, -0.05) is 55.8 Å². The minimum atomic E-state index is -0.199. The van der Waals surface area contributed by atoms with Crippen molar-refractivity contribution in [2.45, 2.75) is 33.1 Å². The molecule has 3 aromatic rings. The van der Waals surface area contributed by atoms with E-state index in [-0.39, 0.29) is 6.03 Å². The lowest BCUT2D eigenvalue weighted by Gasteiger charge is -2.26. The maximum absolute atomic E-state index is 13.6. The summed E-state index contributed by atoms with van der Waals surface area (Å²) in [5, 5.41) is 3.72. The Balaban J connectivity index is 1.95. The Hall–Kier alpha value is -3.18. The van der Waals surface area contributed by atoms with Gasteiger partial charge < -0.3 is 16.0 Å². The molecule has 0 aliphatic heterocycles. The maximum atomic E-state index is 13.6. The van der Waals surface area contributed by atoms with E-state index in [0.717, 1.165) is 34.6 Å². The highest BCUT2D eigenvalue weighted by Crippen LogP contribution is 2.34. The van der Waals surface area contributed by atoms with Gasteiger partial charge in [-0.15, -0.1) is 0 Å². The van der Waals surface area contributed by atoms with Crippen molar-refractivity contribution in [1.29, 1.82) is 0 Å². The number of anilines is 4. The van der Waals surface area contributed by atoms with Crippen LogP contribution in [0, 0.1) is 0 Å². The van der Waals surface area contributed by atoms with Crippen molar-refractivity contribution in [2.75, 3.05) is 41.5 Å². The highest BCUT2D eigenvalue weighted by Gasteiger charge is 2.21. The average molecular weight is 465 g/mol. The number of nitrogen functional groups attached to an aromatic ring is 1. The monoisotopic (exact) mass is 464 g/mol. The van der Waals surface area contributed by atoms with Gasteiger partial charge in [-0.2, -0.15) is 0 Å². The molecule has 2 amide bonds. The smallest absolute Gasteiger partial charge is 0.326 e. The van der Waals surface area contributed by atoms with Crippen LogP contribution in [0.15, 0.2) is 60.7 Å². The van der Waals surface area contributed by atoms with E-state index in [0.29, 0.717) is 30.1 Å². The van der Waals surface area contributed by atoms with E-state index >= 15 is 0 Å². The van der Waals surface area contributed by atoms with Crippen LogP contribution in [-0.2, 0) is 19.3 Å². The second-order valence-corrected chi connectivity index (χ2v) is 8.62. The number of amides is 2. The van der Waals surface area contributed by atoms with Gasteiger partial charge in [-0.05, 0) is 66.3 Å². The summed E-state index contributed by atoms with van der Waals surface area (Å²) in [6, 6.07) is 19.8. The van der Waals surface area contributed by atoms with Gasteiger partial charge in [0.1, 0.15) is 0 Å². The Kier molecular flexibility index (Phi) is 8.23. The lowest BCUT2D eigenvalue weighted by Crippen LogP contribution is -2.37. The average Bonchev–Trinajstić information content (AvgIpc) is 2.80. The van der Waals surface area contributed by atoms with Crippen molar-refractivity contribution in [3.63, 3.8) is 0 Å². The summed E-state index contributed by atoms with van der Waals surface area (Å²) in [7, 11) is 3.99. The van der Waals surface area contributed by atoms with E-state index in [1.54, 1.807) is 11.0 Å². The molecular weight excluding hydrogens is 432 g/mol. The number of carbonyl (C=O) groups is 1. The van der Waals surface area contributed by atoms with Gasteiger partial charge in [-0.3, -0.25) is 4.90 Å². The van der Waals surface area contributed by atoms with Crippen LogP contribution in [0.5, 0.6) is 0 Å². The van der Waals surface area contributed by atoms with Gasteiger partial charge in [0, 0.05) is 42.7 Å². The van der Waals surface area contributed by atoms with Gasteiger partial charge in [0.25, 0.3) is 0 Å². The number of benzene rings is 3. The molecule has 0 radical (unpaired) electrons. The first-order chi connectivity index (χ1) is 15.8. The summed E-state index contributed by atoms with van der Waals surface area (Å²) in [6.45, 7) is 4.59. The van der Waals surface area contributed by atoms with E-state index < -0.39 is 0 Å². The molecule has 0 spiro atoms. The van der Waals surface area contributed by atoms with Crippen LogP contribution in [0.25, 0.3) is 0 Å². The Bertz CT molecular complexity index is 1050. The van der Waals surface area contributed by atoms with Gasteiger partial charge in [0.2, 0.25) is 0 Å². The molecule has 0 saturated carbocycles. The first-order valence-electron chi connectivity index (χ1n) is 11.3. The summed E-state index contributed by atoms with van der Waals surface area (Å²) < 4.78 is 0. The lowest BCUT2D eigenvalue weighted by molar-refractivity contribution is 0.257. The number of urea groups is 1. The zero-order chi connectivity index (χ0) is 24.0. The molecule has 3 aromatic carbocycles. The Morgan fingerprint density at radius 2 is 1.55 bits per heavy atom. The number of nitrogens with two attached hydrogens (primary N) is 1. The number of rotatable bonds is 8. The molecule has 6 heteroatoms. The van der Waals surface area contributed by atoms with Crippen LogP contribution in [0.3, 0.4) is 0 Å². The van der Waals surface area contributed by atoms with E-state index in [4.69, 9.17) is 17.3 Å². The van der Waals surface area contributed by atoms with Crippen molar-refractivity contribution in [2.24, 2.45) is 0 Å². The van der Waals surface area contributed by atoms with E-state index in [2.05, 4.69) is 17.4 Å². The molecule has 3 rings (SSSR count). The first kappa shape index (κ1) is 24.5. The van der Waals surface area contributed by atoms with E-state index in [1.807, 2.05) is 75.3 Å². The van der Waals surface area contributed by atoms with Crippen molar-refractivity contribution in [1.82, 2.24) is 0 Å². The second kappa shape index (κ2) is 11.1. The molecular formula is C27H33ClN4O. The Morgan fingerprint density at radius 1 is 0.939 bits per heavy atom. The SMILES string of the molecule is CCc1c(N)cc(Cl)c(CC)c1NC(=O)N(CCc1ccccc1)c1ccc(N(C)C)cc1. The molecule has 0 unspecified atom stereocenters. The quantitative estimate of drug-likeness (QED) is 0.379. The van der Waals surface area contributed by atoms with Crippen molar-refractivity contribution < 1.29 is 4.79 Å². The molecule has 0 aliphatic carbocycles. The summed E-state index contributed by atoms with van der Waals surface area (Å²) in [5.41, 5.74) is 12.5. The molecule has 3 N–H and O–H groups in total. The minimum absolute atomic E-state index is 0.199. The summed E-state index contributed by atoms with van der Waals surface area (Å²) >= 11 is 6.48. The molecule has 0 bridgehead atoms. The van der Waals surface area contributed by atoms with Crippen LogP contribution in [0.1, 0.15) is 30.5 Å². The van der Waals surface area contributed by atoms with Crippen LogP contribution in [-0.4, -0.2) is 26.7 Å². The number of hydrogen-bond acceptors (Lipinski definition) is 3. The predicted octanol–water partition coefficient (Wildman–Crippen LogP) is 6.39. The third kappa shape index (κ3) is 5.79. The van der Waals surface area contributed by atoms with Gasteiger partial charge >= 0.3 is 6.03 Å². The fourth-order valence-corrected chi connectivity index (χ4v) is 4.32. The largest absolute Gasteiger partial charge is 0.398 e. The zero-order valence-corrected chi connectivity index (χ0v) is 20.6. The first-order valence-corrected chi connectivity index (χ1v) is 11.7. The van der Waals surface area contributed by atoms with Crippen molar-refractivity contribution >= 4 is 40.4 Å². The van der Waals surface area contributed by atoms with Crippen LogP contribution < -0.4 is 20.9 Å². The third-order valence-electron chi connectivity index (χ3n) is 5.85. The Labute approximate surface area is 202 Å². The number of halogens is 1. The molecule has 0 aliphatic rings. The van der Waals surface area contributed by atoms with Gasteiger partial charge in [-0.25, -0.2) is 4.79 Å². The normalized spacial score (nSPS) is 10.7. The minimum Gasteiger partial charge on any atom is -0.398 e.